The van der Waals surface area contributed by atoms with Crippen molar-refractivity contribution >= 4 is 22.5 Å². The molecule has 0 fully saturated rings. The van der Waals surface area contributed by atoms with E-state index in [1.165, 1.54) is 24.4 Å². The van der Waals surface area contributed by atoms with E-state index >= 15 is 0 Å². The quantitative estimate of drug-likeness (QED) is 0.719. The highest BCUT2D eigenvalue weighted by molar-refractivity contribution is 5.79. The van der Waals surface area contributed by atoms with Crippen molar-refractivity contribution in [2.45, 2.75) is 32.6 Å². The molecule has 3 rings (SSSR count). The molecular formula is C17H17F2N3O3. The van der Waals surface area contributed by atoms with Gasteiger partial charge in [-0.1, -0.05) is 6.07 Å². The van der Waals surface area contributed by atoms with E-state index in [0.29, 0.717) is 16.9 Å². The number of carbonyl (C=O) groups excluding carboxylic acids is 1. The van der Waals surface area contributed by atoms with Gasteiger partial charge in [-0.25, -0.2) is 13.8 Å². The molecule has 0 atom stereocenters. The maximum Gasteiger partial charge on any atom is 0.306 e. The van der Waals surface area contributed by atoms with Crippen LogP contribution < -0.4 is 5.56 Å². The summed E-state index contributed by atoms with van der Waals surface area (Å²) in [5, 5.41) is 0. The lowest BCUT2D eigenvalue weighted by atomic mass is 10.1. The molecule has 0 radical (unpaired) electrons. The van der Waals surface area contributed by atoms with Gasteiger partial charge in [-0.3, -0.25) is 14.0 Å². The third-order valence-electron chi connectivity index (χ3n) is 3.92. The van der Waals surface area contributed by atoms with Gasteiger partial charge < -0.3 is 9.72 Å². The molecule has 132 valence electrons. The van der Waals surface area contributed by atoms with Crippen LogP contribution in [-0.4, -0.2) is 26.9 Å². The number of halogens is 2. The number of alkyl halides is 2. The van der Waals surface area contributed by atoms with Crippen LogP contribution in [0.3, 0.4) is 0 Å². The summed E-state index contributed by atoms with van der Waals surface area (Å²) in [5.41, 5.74) is 0.496. The number of nitrogens with one attached hydrogen (secondary N) is 1. The number of rotatable bonds is 5. The third kappa shape index (κ3) is 3.24. The summed E-state index contributed by atoms with van der Waals surface area (Å²) < 4.78 is 33.5. The Balaban J connectivity index is 2.11. The van der Waals surface area contributed by atoms with Crippen molar-refractivity contribution in [3.8, 4) is 0 Å². The topological polar surface area (TPSA) is 76.5 Å². The van der Waals surface area contributed by atoms with Crippen LogP contribution in [0.15, 0.2) is 29.2 Å². The van der Waals surface area contributed by atoms with Gasteiger partial charge in [0, 0.05) is 18.9 Å². The van der Waals surface area contributed by atoms with E-state index in [9.17, 15) is 18.4 Å². The zero-order valence-corrected chi connectivity index (χ0v) is 13.8. The molecule has 0 spiro atoms. The number of aryl methyl sites for hydroxylation is 1. The molecule has 25 heavy (non-hydrogen) atoms. The molecule has 0 unspecified atom stereocenters. The van der Waals surface area contributed by atoms with E-state index in [1.54, 1.807) is 11.3 Å². The van der Waals surface area contributed by atoms with Crippen LogP contribution in [0.5, 0.6) is 0 Å². The second kappa shape index (κ2) is 6.27. The van der Waals surface area contributed by atoms with Crippen molar-refractivity contribution in [2.24, 2.45) is 0 Å². The molecule has 0 bridgehead atoms. The number of nitrogens with zero attached hydrogens (tertiary/aromatic N) is 2. The molecule has 0 saturated heterocycles. The number of hydrogen-bond acceptors (Lipinski definition) is 4. The Hall–Kier alpha value is -2.77. The van der Waals surface area contributed by atoms with Crippen molar-refractivity contribution in [1.82, 2.24) is 14.4 Å². The minimum atomic E-state index is -3.01. The summed E-state index contributed by atoms with van der Waals surface area (Å²) in [5.74, 6) is -2.88. The minimum absolute atomic E-state index is 0.117. The fourth-order valence-electron chi connectivity index (χ4n) is 2.73. The monoisotopic (exact) mass is 349 g/mol. The van der Waals surface area contributed by atoms with Crippen molar-refractivity contribution in [3.05, 3.63) is 46.1 Å². The first-order chi connectivity index (χ1) is 11.8. The summed E-state index contributed by atoms with van der Waals surface area (Å²) >= 11 is 0. The molecule has 0 saturated carbocycles. The first kappa shape index (κ1) is 17.1. The highest BCUT2D eigenvalue weighted by atomic mass is 19.3. The lowest BCUT2D eigenvalue weighted by Gasteiger charge is -2.12. The molecule has 0 aliphatic carbocycles. The zero-order chi connectivity index (χ0) is 18.2. The van der Waals surface area contributed by atoms with Crippen LogP contribution in [0.25, 0.3) is 16.6 Å². The number of esters is 1. The summed E-state index contributed by atoms with van der Waals surface area (Å²) in [7, 11) is 0. The molecule has 6 nitrogen and oxygen atoms in total. The van der Waals surface area contributed by atoms with Gasteiger partial charge in [-0.2, -0.15) is 0 Å². The number of ether oxygens (including phenoxy) is 1. The first-order valence-electron chi connectivity index (χ1n) is 7.87. The second-order valence-electron chi connectivity index (χ2n) is 5.77. The van der Waals surface area contributed by atoms with Gasteiger partial charge in [0.05, 0.1) is 30.3 Å². The number of aromatic amines is 1. The molecule has 1 N–H and O–H groups in total. The lowest BCUT2D eigenvalue weighted by molar-refractivity contribution is -0.143. The predicted octanol–water partition coefficient (Wildman–Crippen LogP) is 2.78. The third-order valence-corrected chi connectivity index (χ3v) is 3.92. The van der Waals surface area contributed by atoms with E-state index in [2.05, 4.69) is 9.97 Å². The molecule has 0 aliphatic heterocycles. The number of imidazole rings is 1. The number of benzene rings is 1. The molecule has 0 amide bonds. The fraction of sp³-hybridized carbons (Fsp3) is 0.353. The van der Waals surface area contributed by atoms with Crippen molar-refractivity contribution in [2.75, 3.05) is 6.61 Å². The highest BCUT2D eigenvalue weighted by Crippen LogP contribution is 2.29. The number of H-pyrrole nitrogens is 1. The average Bonchev–Trinajstić information content (AvgIpc) is 2.97. The Bertz CT molecular complexity index is 1000. The molecule has 8 heteroatoms. The van der Waals surface area contributed by atoms with Crippen LogP contribution in [0.1, 0.15) is 31.7 Å². The maximum absolute atomic E-state index is 13.5. The lowest BCUT2D eigenvalue weighted by Crippen LogP contribution is -2.13. The van der Waals surface area contributed by atoms with Crippen molar-refractivity contribution in [1.29, 1.82) is 0 Å². The zero-order valence-electron chi connectivity index (χ0n) is 13.8. The van der Waals surface area contributed by atoms with E-state index < -0.39 is 11.5 Å². The van der Waals surface area contributed by atoms with E-state index in [-0.39, 0.29) is 36.5 Å². The van der Waals surface area contributed by atoms with E-state index in [1.807, 2.05) is 0 Å². The van der Waals surface area contributed by atoms with Crippen LogP contribution in [-0.2, 0) is 21.9 Å². The van der Waals surface area contributed by atoms with Crippen molar-refractivity contribution in [3.63, 3.8) is 0 Å². The minimum Gasteiger partial charge on any atom is -0.466 e. The normalized spacial score (nSPS) is 12.0. The fourth-order valence-corrected chi connectivity index (χ4v) is 2.73. The van der Waals surface area contributed by atoms with Crippen LogP contribution in [0.4, 0.5) is 8.78 Å². The SMILES string of the molecule is CCOC(=O)CCc1ncc2c(=O)[nH]c3cc(C(C)(F)F)ccc3n12. The molecule has 2 heterocycles. The molecule has 1 aromatic carbocycles. The summed E-state index contributed by atoms with van der Waals surface area (Å²) in [6.45, 7) is 2.81. The molecular weight excluding hydrogens is 332 g/mol. The predicted molar refractivity (Wildman–Crippen MR) is 87.8 cm³/mol. The van der Waals surface area contributed by atoms with Crippen molar-refractivity contribution < 1.29 is 18.3 Å². The van der Waals surface area contributed by atoms with Crippen LogP contribution >= 0.6 is 0 Å². The van der Waals surface area contributed by atoms with Gasteiger partial charge in [-0.05, 0) is 19.1 Å². The summed E-state index contributed by atoms with van der Waals surface area (Å²) in [6, 6.07) is 4.08. The number of hydrogen-bond donors (Lipinski definition) is 1. The van der Waals surface area contributed by atoms with Crippen LogP contribution in [0.2, 0.25) is 0 Å². The Kier molecular flexibility index (Phi) is 4.28. The second-order valence-corrected chi connectivity index (χ2v) is 5.77. The Morgan fingerprint density at radius 3 is 2.80 bits per heavy atom. The molecule has 3 aromatic rings. The smallest absolute Gasteiger partial charge is 0.306 e. The van der Waals surface area contributed by atoms with Gasteiger partial charge in [-0.15, -0.1) is 0 Å². The largest absolute Gasteiger partial charge is 0.466 e. The molecule has 0 aliphatic rings. The average molecular weight is 349 g/mol. The van der Waals surface area contributed by atoms with Gasteiger partial charge in [0.25, 0.3) is 11.5 Å². The van der Waals surface area contributed by atoms with Gasteiger partial charge in [0.2, 0.25) is 0 Å². The first-order valence-corrected chi connectivity index (χ1v) is 7.87. The van der Waals surface area contributed by atoms with Crippen LogP contribution in [0, 0.1) is 0 Å². The number of fused-ring (bicyclic) bond motifs is 3. The Labute approximate surface area is 141 Å². The van der Waals surface area contributed by atoms with Gasteiger partial charge in [0.15, 0.2) is 0 Å². The summed E-state index contributed by atoms with van der Waals surface area (Å²) in [4.78, 5) is 30.6. The number of aromatic nitrogens is 3. The van der Waals surface area contributed by atoms with Gasteiger partial charge >= 0.3 is 5.97 Å². The Morgan fingerprint density at radius 2 is 2.12 bits per heavy atom. The highest BCUT2D eigenvalue weighted by Gasteiger charge is 2.25. The standard InChI is InChI=1S/C17H17F2N3O3/c1-3-25-15(23)7-6-14-20-9-13-16(24)21-11-8-10(17(2,18)19)4-5-12(11)22(13)14/h4-5,8-9H,3,6-7H2,1-2H3,(H,21,24). The summed E-state index contributed by atoms with van der Waals surface area (Å²) in [6.07, 6.45) is 1.80. The van der Waals surface area contributed by atoms with Gasteiger partial charge in [0.1, 0.15) is 11.3 Å². The number of carbonyl (C=O) groups is 1. The Morgan fingerprint density at radius 1 is 1.36 bits per heavy atom. The van der Waals surface area contributed by atoms with E-state index in [4.69, 9.17) is 4.74 Å². The maximum atomic E-state index is 13.5. The van der Waals surface area contributed by atoms with E-state index in [0.717, 1.165) is 6.92 Å². The molecule has 2 aromatic heterocycles.